The van der Waals surface area contributed by atoms with Crippen molar-refractivity contribution < 1.29 is 0 Å². The van der Waals surface area contributed by atoms with Crippen LogP contribution in [0.3, 0.4) is 0 Å². The largest absolute Gasteiger partial charge is 0.271 e. The highest BCUT2D eigenvalue weighted by Gasteiger charge is 2.12. The first kappa shape index (κ1) is 15.7. The molecule has 0 aliphatic rings. The number of hydrazine groups is 1. The molecule has 0 saturated carbocycles. The molecule has 1 aromatic carbocycles. The van der Waals surface area contributed by atoms with Crippen molar-refractivity contribution in [2.24, 2.45) is 5.84 Å². The molecule has 2 rings (SSSR count). The molecule has 4 nitrogen and oxygen atoms in total. The first-order valence-electron chi connectivity index (χ1n) is 7.68. The molecule has 0 radical (unpaired) electrons. The van der Waals surface area contributed by atoms with Crippen molar-refractivity contribution in [2.45, 2.75) is 52.1 Å². The second-order valence-corrected chi connectivity index (χ2v) is 5.80. The lowest BCUT2D eigenvalue weighted by Crippen LogP contribution is -2.38. The van der Waals surface area contributed by atoms with Crippen LogP contribution in [-0.4, -0.2) is 15.8 Å². The van der Waals surface area contributed by atoms with E-state index in [1.54, 1.807) is 0 Å². The van der Waals surface area contributed by atoms with Gasteiger partial charge in [0, 0.05) is 24.7 Å². The van der Waals surface area contributed by atoms with Crippen LogP contribution < -0.4 is 11.3 Å². The Hall–Kier alpha value is -1.65. The topological polar surface area (TPSA) is 55.9 Å². The van der Waals surface area contributed by atoms with Crippen LogP contribution in [0.1, 0.15) is 43.1 Å². The van der Waals surface area contributed by atoms with Crippen molar-refractivity contribution in [1.29, 1.82) is 0 Å². The van der Waals surface area contributed by atoms with Gasteiger partial charge in [0.15, 0.2) is 0 Å². The van der Waals surface area contributed by atoms with E-state index < -0.39 is 0 Å². The zero-order valence-electron chi connectivity index (χ0n) is 13.2. The maximum absolute atomic E-state index is 5.71. The number of hydrogen-bond donors (Lipinski definition) is 2. The van der Waals surface area contributed by atoms with E-state index in [4.69, 9.17) is 5.84 Å². The molecule has 21 heavy (non-hydrogen) atoms. The van der Waals surface area contributed by atoms with Crippen molar-refractivity contribution in [3.8, 4) is 0 Å². The highest BCUT2D eigenvalue weighted by atomic mass is 15.3. The van der Waals surface area contributed by atoms with Crippen LogP contribution in [0.4, 0.5) is 0 Å². The maximum atomic E-state index is 5.71. The third-order valence-electron chi connectivity index (χ3n) is 4.00. The molecule has 2 atom stereocenters. The predicted molar refractivity (Wildman–Crippen MR) is 86.9 cm³/mol. The van der Waals surface area contributed by atoms with Gasteiger partial charge in [-0.1, -0.05) is 36.8 Å². The second kappa shape index (κ2) is 7.38. The van der Waals surface area contributed by atoms with Crippen LogP contribution in [-0.2, 0) is 12.8 Å². The van der Waals surface area contributed by atoms with E-state index in [-0.39, 0.29) is 6.04 Å². The van der Waals surface area contributed by atoms with Gasteiger partial charge in [-0.15, -0.1) is 0 Å². The van der Waals surface area contributed by atoms with E-state index in [0.717, 1.165) is 25.0 Å². The molecule has 114 valence electrons. The van der Waals surface area contributed by atoms with Crippen LogP contribution in [0.15, 0.2) is 36.5 Å². The average Bonchev–Trinajstić information content (AvgIpc) is 2.96. The molecule has 0 saturated heterocycles. The van der Waals surface area contributed by atoms with Gasteiger partial charge in [-0.05, 0) is 38.3 Å². The van der Waals surface area contributed by atoms with Crippen LogP contribution in [0, 0.1) is 6.92 Å². The van der Waals surface area contributed by atoms with Crippen molar-refractivity contribution in [2.75, 3.05) is 0 Å². The monoisotopic (exact) mass is 286 g/mol. The number of rotatable bonds is 7. The van der Waals surface area contributed by atoms with Crippen LogP contribution in [0.2, 0.25) is 0 Å². The second-order valence-electron chi connectivity index (χ2n) is 5.80. The number of benzene rings is 1. The minimum atomic E-state index is 0.202. The van der Waals surface area contributed by atoms with E-state index >= 15 is 0 Å². The Morgan fingerprint density at radius 1 is 1.19 bits per heavy atom. The fraction of sp³-hybridized carbons (Fsp3) is 0.471. The molecule has 0 bridgehead atoms. The predicted octanol–water partition coefficient (Wildman–Crippen LogP) is 2.78. The molecule has 4 heteroatoms. The third-order valence-corrected chi connectivity index (χ3v) is 4.00. The van der Waals surface area contributed by atoms with E-state index in [1.165, 1.54) is 11.1 Å². The van der Waals surface area contributed by atoms with Gasteiger partial charge in [0.1, 0.15) is 0 Å². The standard InChI is InChI=1S/C17H26N4/c1-4-14(3)21-10-9-16(20-21)12-17(19-18)11-15-7-5-13(2)6-8-15/h5-10,14,17,19H,4,11-12,18H2,1-3H3. The summed E-state index contributed by atoms with van der Waals surface area (Å²) in [5.74, 6) is 5.71. The fourth-order valence-electron chi connectivity index (χ4n) is 2.37. The minimum Gasteiger partial charge on any atom is -0.271 e. The lowest BCUT2D eigenvalue weighted by Gasteiger charge is -2.15. The van der Waals surface area contributed by atoms with Gasteiger partial charge in [0.2, 0.25) is 0 Å². The Balaban J connectivity index is 1.98. The number of hydrogen-bond acceptors (Lipinski definition) is 3. The Morgan fingerprint density at radius 2 is 1.90 bits per heavy atom. The average molecular weight is 286 g/mol. The van der Waals surface area contributed by atoms with E-state index in [1.807, 2.05) is 4.68 Å². The number of aromatic nitrogens is 2. The van der Waals surface area contributed by atoms with Gasteiger partial charge in [-0.25, -0.2) is 0 Å². The van der Waals surface area contributed by atoms with Gasteiger partial charge >= 0.3 is 0 Å². The summed E-state index contributed by atoms with van der Waals surface area (Å²) in [5.41, 5.74) is 6.58. The zero-order valence-corrected chi connectivity index (χ0v) is 13.2. The SMILES string of the molecule is CCC(C)n1ccc(CC(Cc2ccc(C)cc2)NN)n1. The van der Waals surface area contributed by atoms with Crippen LogP contribution >= 0.6 is 0 Å². The summed E-state index contributed by atoms with van der Waals surface area (Å²) in [5, 5.41) is 4.65. The normalized spacial score (nSPS) is 14.1. The van der Waals surface area contributed by atoms with Gasteiger partial charge in [0.05, 0.1) is 5.69 Å². The van der Waals surface area contributed by atoms with Crippen molar-refractivity contribution in [1.82, 2.24) is 15.2 Å². The first-order valence-corrected chi connectivity index (χ1v) is 7.68. The summed E-state index contributed by atoms with van der Waals surface area (Å²) in [6.07, 6.45) is 4.90. The van der Waals surface area contributed by atoms with Crippen LogP contribution in [0.5, 0.6) is 0 Å². The third kappa shape index (κ3) is 4.41. The van der Waals surface area contributed by atoms with Gasteiger partial charge in [-0.3, -0.25) is 16.0 Å². The number of nitrogens with zero attached hydrogens (tertiary/aromatic N) is 2. The Kier molecular flexibility index (Phi) is 5.53. The summed E-state index contributed by atoms with van der Waals surface area (Å²) >= 11 is 0. The molecule has 0 aliphatic heterocycles. The molecule has 2 aromatic rings. The van der Waals surface area contributed by atoms with E-state index in [9.17, 15) is 0 Å². The number of nitrogens with two attached hydrogens (primary N) is 1. The van der Waals surface area contributed by atoms with Gasteiger partial charge in [0.25, 0.3) is 0 Å². The van der Waals surface area contributed by atoms with Crippen molar-refractivity contribution in [3.63, 3.8) is 0 Å². The summed E-state index contributed by atoms with van der Waals surface area (Å²) in [7, 11) is 0. The number of nitrogens with one attached hydrogen (secondary N) is 1. The van der Waals surface area contributed by atoms with Crippen molar-refractivity contribution >= 4 is 0 Å². The molecule has 0 fully saturated rings. The molecule has 2 unspecified atom stereocenters. The summed E-state index contributed by atoms with van der Waals surface area (Å²) in [6.45, 7) is 6.46. The molecule has 1 heterocycles. The number of aryl methyl sites for hydroxylation is 1. The van der Waals surface area contributed by atoms with E-state index in [0.29, 0.717) is 6.04 Å². The summed E-state index contributed by atoms with van der Waals surface area (Å²) in [4.78, 5) is 0. The lowest BCUT2D eigenvalue weighted by atomic mass is 10.0. The lowest BCUT2D eigenvalue weighted by molar-refractivity contribution is 0.464. The Bertz CT molecular complexity index is 544. The van der Waals surface area contributed by atoms with Gasteiger partial charge < -0.3 is 0 Å². The minimum absolute atomic E-state index is 0.202. The fourth-order valence-corrected chi connectivity index (χ4v) is 2.37. The maximum Gasteiger partial charge on any atom is 0.0640 e. The Labute approximate surface area is 127 Å². The molecular weight excluding hydrogens is 260 g/mol. The Morgan fingerprint density at radius 3 is 2.52 bits per heavy atom. The van der Waals surface area contributed by atoms with Crippen LogP contribution in [0.25, 0.3) is 0 Å². The quantitative estimate of drug-likeness (QED) is 0.608. The highest BCUT2D eigenvalue weighted by Crippen LogP contribution is 2.12. The summed E-state index contributed by atoms with van der Waals surface area (Å²) < 4.78 is 2.04. The zero-order chi connectivity index (χ0) is 15.2. The van der Waals surface area contributed by atoms with Crippen molar-refractivity contribution in [3.05, 3.63) is 53.3 Å². The summed E-state index contributed by atoms with van der Waals surface area (Å²) in [6, 6.07) is 11.3. The highest BCUT2D eigenvalue weighted by molar-refractivity contribution is 5.22. The molecule has 1 aromatic heterocycles. The molecular formula is C17H26N4. The molecule has 0 amide bonds. The first-order chi connectivity index (χ1) is 10.1. The molecule has 0 aliphatic carbocycles. The van der Waals surface area contributed by atoms with Gasteiger partial charge in [-0.2, -0.15) is 5.10 Å². The smallest absolute Gasteiger partial charge is 0.0640 e. The molecule has 3 N–H and O–H groups in total. The molecule has 0 spiro atoms. The van der Waals surface area contributed by atoms with E-state index in [2.05, 4.69) is 67.8 Å².